The van der Waals surface area contributed by atoms with Crippen LogP contribution in [0, 0.1) is 0 Å². The Bertz CT molecular complexity index is 276. The molecule has 0 unspecified atom stereocenters. The Hall–Kier alpha value is 0.330. The number of hydrogen-bond acceptors (Lipinski definition) is 3. The van der Waals surface area contributed by atoms with E-state index in [0.29, 0.717) is 5.02 Å². The third kappa shape index (κ3) is 5.60. The second-order valence-electron chi connectivity index (χ2n) is 2.11. The molecule has 5 heteroatoms. The molecule has 1 rings (SSSR count). The minimum absolute atomic E-state index is 0. The van der Waals surface area contributed by atoms with Crippen LogP contribution in [0.5, 0.6) is 0 Å². The van der Waals surface area contributed by atoms with E-state index in [4.69, 9.17) is 11.6 Å². The van der Waals surface area contributed by atoms with Crippen molar-refractivity contribution in [1.29, 1.82) is 0 Å². The Morgan fingerprint density at radius 3 is 2.38 bits per heavy atom. The van der Waals surface area contributed by atoms with Gasteiger partial charge in [0.1, 0.15) is 0 Å². The molecule has 0 N–H and O–H groups in total. The minimum Gasteiger partial charge on any atom is -0.549 e. The fraction of sp³-hybridized carbons (Fsp3) is 0.125. The van der Waals surface area contributed by atoms with E-state index < -0.39 is 5.97 Å². The van der Waals surface area contributed by atoms with Gasteiger partial charge in [0.25, 0.3) is 0 Å². The summed E-state index contributed by atoms with van der Waals surface area (Å²) in [6.45, 7) is 0. The number of carbonyl (C=O) groups excluding carboxylic acids is 1. The van der Waals surface area contributed by atoms with Gasteiger partial charge in [-0.05, 0) is 24.3 Å². The van der Waals surface area contributed by atoms with Gasteiger partial charge in [-0.2, -0.15) is 0 Å². The molecule has 0 aliphatic carbocycles. The monoisotopic (exact) mass is 224 g/mol. The van der Waals surface area contributed by atoms with Gasteiger partial charge in [0.15, 0.2) is 0 Å². The van der Waals surface area contributed by atoms with Crippen molar-refractivity contribution >= 4 is 29.3 Å². The van der Waals surface area contributed by atoms with Gasteiger partial charge in [-0.1, -0.05) is 11.6 Å². The maximum Gasteiger partial charge on any atom is 1.00 e. The summed E-state index contributed by atoms with van der Waals surface area (Å²) >= 11 is 6.85. The summed E-state index contributed by atoms with van der Waals surface area (Å²) in [5.41, 5.74) is 0. The number of carboxylic acids is 1. The largest absolute Gasteiger partial charge is 1.00 e. The van der Waals surface area contributed by atoms with Gasteiger partial charge in [0, 0.05) is 15.7 Å². The van der Waals surface area contributed by atoms with Crippen molar-refractivity contribution in [2.45, 2.75) is 4.90 Å². The molecule has 0 fully saturated rings. The van der Waals surface area contributed by atoms with E-state index in [1.165, 1.54) is 11.8 Å². The Labute approximate surface area is 108 Å². The number of halogens is 1. The molecule has 1 aromatic rings. The summed E-state index contributed by atoms with van der Waals surface area (Å²) in [5, 5.41) is 10.7. The molecule has 0 spiro atoms. The predicted molar refractivity (Wildman–Crippen MR) is 47.2 cm³/mol. The first-order valence-electron chi connectivity index (χ1n) is 3.26. The minimum atomic E-state index is -1.06. The Morgan fingerprint density at radius 1 is 1.38 bits per heavy atom. The van der Waals surface area contributed by atoms with E-state index >= 15 is 0 Å². The second-order valence-corrected chi connectivity index (χ2v) is 3.60. The molecule has 0 amide bonds. The van der Waals surface area contributed by atoms with Gasteiger partial charge in [-0.3, -0.25) is 0 Å². The van der Waals surface area contributed by atoms with Crippen molar-refractivity contribution in [3.63, 3.8) is 0 Å². The van der Waals surface area contributed by atoms with Gasteiger partial charge in [-0.15, -0.1) is 11.8 Å². The maximum atomic E-state index is 10.1. The van der Waals surface area contributed by atoms with Crippen molar-refractivity contribution < 1.29 is 39.5 Å². The molecule has 0 aliphatic heterocycles. The summed E-state index contributed by atoms with van der Waals surface area (Å²) in [5.74, 6) is -1.09. The third-order valence-electron chi connectivity index (χ3n) is 1.17. The quantitative estimate of drug-likeness (QED) is 0.449. The molecule has 0 atom stereocenters. The van der Waals surface area contributed by atoms with Crippen LogP contribution < -0.4 is 34.7 Å². The molecule has 0 saturated carbocycles. The zero-order valence-corrected chi connectivity index (χ0v) is 10.7. The van der Waals surface area contributed by atoms with Crippen LogP contribution in [0.3, 0.4) is 0 Å². The SMILES string of the molecule is O=C([O-])CSc1ccc(Cl)cc1.[Na+]. The van der Waals surface area contributed by atoms with Crippen LogP contribution >= 0.6 is 23.4 Å². The predicted octanol–water partition coefficient (Wildman–Crippen LogP) is -1.81. The van der Waals surface area contributed by atoms with E-state index in [1.54, 1.807) is 24.3 Å². The summed E-state index contributed by atoms with van der Waals surface area (Å²) < 4.78 is 0. The Kier molecular flexibility index (Phi) is 6.91. The molecule has 0 radical (unpaired) electrons. The first-order valence-corrected chi connectivity index (χ1v) is 4.63. The van der Waals surface area contributed by atoms with Gasteiger partial charge >= 0.3 is 29.6 Å². The number of benzene rings is 1. The summed E-state index contributed by atoms with van der Waals surface area (Å²) in [6, 6.07) is 6.99. The van der Waals surface area contributed by atoms with Crippen LogP contribution in [0.4, 0.5) is 0 Å². The van der Waals surface area contributed by atoms with E-state index in [0.717, 1.165) is 4.90 Å². The van der Waals surface area contributed by atoms with Crippen LogP contribution in [-0.2, 0) is 4.79 Å². The molecule has 0 aromatic heterocycles. The van der Waals surface area contributed by atoms with Gasteiger partial charge in [0.05, 0.1) is 5.97 Å². The average Bonchev–Trinajstić information content (AvgIpc) is 2.03. The summed E-state index contributed by atoms with van der Waals surface area (Å²) in [7, 11) is 0. The molecule has 0 aliphatic rings. The van der Waals surface area contributed by atoms with Gasteiger partial charge < -0.3 is 9.90 Å². The van der Waals surface area contributed by atoms with Gasteiger partial charge in [0.2, 0.25) is 0 Å². The normalized spacial score (nSPS) is 9.00. The first kappa shape index (κ1) is 13.3. The molecular formula is C8H6ClNaO2S. The molecular weight excluding hydrogens is 219 g/mol. The Morgan fingerprint density at radius 2 is 1.92 bits per heavy atom. The zero-order chi connectivity index (χ0) is 8.97. The van der Waals surface area contributed by atoms with E-state index in [-0.39, 0.29) is 35.3 Å². The van der Waals surface area contributed by atoms with Crippen molar-refractivity contribution in [3.8, 4) is 0 Å². The van der Waals surface area contributed by atoms with Crippen molar-refractivity contribution in [1.82, 2.24) is 0 Å². The fourth-order valence-electron chi connectivity index (χ4n) is 0.673. The van der Waals surface area contributed by atoms with Gasteiger partial charge in [-0.25, -0.2) is 0 Å². The van der Waals surface area contributed by atoms with Crippen molar-refractivity contribution in [2.75, 3.05) is 5.75 Å². The third-order valence-corrected chi connectivity index (χ3v) is 2.41. The van der Waals surface area contributed by atoms with E-state index in [9.17, 15) is 9.90 Å². The van der Waals surface area contributed by atoms with Crippen LogP contribution in [0.1, 0.15) is 0 Å². The smallest absolute Gasteiger partial charge is 0.549 e. The number of rotatable bonds is 3. The van der Waals surface area contributed by atoms with Crippen molar-refractivity contribution in [2.24, 2.45) is 0 Å². The molecule has 13 heavy (non-hydrogen) atoms. The van der Waals surface area contributed by atoms with Crippen molar-refractivity contribution in [3.05, 3.63) is 29.3 Å². The molecule has 1 aromatic carbocycles. The number of thioether (sulfide) groups is 1. The number of hydrogen-bond donors (Lipinski definition) is 0. The standard InChI is InChI=1S/C8H7ClO2S.Na/c9-6-1-3-7(4-2-6)12-5-8(10)11;/h1-4H,5H2,(H,10,11);/q;+1/p-1. The van der Waals surface area contributed by atoms with E-state index in [2.05, 4.69) is 0 Å². The Balaban J connectivity index is 0.00000144. The molecule has 64 valence electrons. The topological polar surface area (TPSA) is 40.1 Å². The van der Waals surface area contributed by atoms with E-state index in [1.807, 2.05) is 0 Å². The summed E-state index contributed by atoms with van der Waals surface area (Å²) in [4.78, 5) is 11.0. The number of aliphatic carboxylic acids is 1. The first-order chi connectivity index (χ1) is 5.68. The second kappa shape index (κ2) is 6.74. The number of carbonyl (C=O) groups is 1. The summed E-state index contributed by atoms with van der Waals surface area (Å²) in [6.07, 6.45) is 0. The molecule has 0 saturated heterocycles. The fourth-order valence-corrected chi connectivity index (χ4v) is 1.41. The average molecular weight is 225 g/mol. The molecule has 0 bridgehead atoms. The zero-order valence-electron chi connectivity index (χ0n) is 7.12. The number of carboxylic acid groups (broad SMARTS) is 1. The molecule has 2 nitrogen and oxygen atoms in total. The molecule has 0 heterocycles. The van der Waals surface area contributed by atoms with Crippen LogP contribution in [0.2, 0.25) is 5.02 Å². The van der Waals surface area contributed by atoms with Crippen LogP contribution in [0.15, 0.2) is 29.2 Å². The van der Waals surface area contributed by atoms with Crippen LogP contribution in [-0.4, -0.2) is 11.7 Å². The van der Waals surface area contributed by atoms with Crippen LogP contribution in [0.25, 0.3) is 0 Å². The maximum absolute atomic E-state index is 10.1.